The van der Waals surface area contributed by atoms with Crippen LogP contribution in [-0.4, -0.2) is 141 Å². The van der Waals surface area contributed by atoms with Crippen LogP contribution in [0.4, 0.5) is 10.5 Å². The molecule has 1 amide bonds. The van der Waals surface area contributed by atoms with Gasteiger partial charge in [0.2, 0.25) is 10.0 Å². The lowest BCUT2D eigenvalue weighted by Crippen LogP contribution is -2.53. The van der Waals surface area contributed by atoms with Crippen LogP contribution in [0.3, 0.4) is 0 Å². The number of ether oxygens (including phenoxy) is 8. The number of benzene rings is 2. The Morgan fingerprint density at radius 1 is 0.838 bits per heavy atom. The molecule has 2 aromatic rings. The first kappa shape index (κ1) is 56.6. The molecule has 0 aromatic heterocycles. The summed E-state index contributed by atoms with van der Waals surface area (Å²) < 4.78 is 73.3. The van der Waals surface area contributed by atoms with Crippen molar-refractivity contribution in [3.8, 4) is 0 Å². The zero-order valence-electron chi connectivity index (χ0n) is 39.3. The fraction of sp³-hybridized carbons (Fsp3) is 0.600. The van der Waals surface area contributed by atoms with Gasteiger partial charge in [0.1, 0.15) is 18.3 Å². The Kier molecular flexibility index (Phi) is 23.2. The highest BCUT2D eigenvalue weighted by Gasteiger charge is 2.44. The minimum absolute atomic E-state index is 0.0621. The van der Waals surface area contributed by atoms with Crippen LogP contribution in [0.5, 0.6) is 0 Å². The van der Waals surface area contributed by atoms with Gasteiger partial charge in [0.05, 0.1) is 42.2 Å². The van der Waals surface area contributed by atoms with E-state index in [1.165, 1.54) is 6.92 Å². The number of amides is 1. The van der Waals surface area contributed by atoms with Crippen LogP contribution in [0.15, 0.2) is 59.5 Å². The maximum Gasteiger partial charge on any atom is 0.407 e. The van der Waals surface area contributed by atoms with Crippen LogP contribution in [0.2, 0.25) is 0 Å². The number of nitrogens with zero attached hydrogens (tertiary/aromatic N) is 2. The number of nitro groups is 1. The molecule has 0 bridgehead atoms. The van der Waals surface area contributed by atoms with E-state index in [-0.39, 0.29) is 68.5 Å². The van der Waals surface area contributed by atoms with Gasteiger partial charge >= 0.3 is 35.9 Å². The number of non-ortho nitro benzene ring substituents is 1. The molecule has 2 N–H and O–H groups in total. The maximum atomic E-state index is 14.2. The van der Waals surface area contributed by atoms with Crippen molar-refractivity contribution in [2.24, 2.45) is 11.8 Å². The van der Waals surface area contributed by atoms with Gasteiger partial charge in [-0.25, -0.2) is 13.2 Å². The van der Waals surface area contributed by atoms with E-state index in [0.29, 0.717) is 18.6 Å². The topological polar surface area (TPSA) is 289 Å². The largest absolute Gasteiger partial charge is 0.465 e. The number of esters is 5. The summed E-state index contributed by atoms with van der Waals surface area (Å²) in [7, 11) is -4.39. The summed E-state index contributed by atoms with van der Waals surface area (Å²) in [6.07, 6.45) is -9.14. The number of nitro benzene ring substituents is 1. The molecular formula is C45H63N3O19S. The number of aliphatic hydroxyl groups is 1. The number of nitrogens with one attached hydrogen (secondary N) is 1. The van der Waals surface area contributed by atoms with Crippen molar-refractivity contribution < 1.29 is 85.1 Å². The SMILES string of the molecule is CC(=O)OCC(C)[C@@H](OC(C)=O)C(OC(C)=O)C(OC(C)=O)[C@@H](O)OCCCCC(=O)O[C@H](CN(CC(C)C)S(=O)(=O)c1ccc([N+](=O)[O-])cc1)[C@H](Cc1ccccc1)NC(=O)O[C@H]1CCOC1. The molecule has 8 atom stereocenters. The van der Waals surface area contributed by atoms with Crippen molar-refractivity contribution in [2.75, 3.05) is 39.5 Å². The fourth-order valence-electron chi connectivity index (χ4n) is 7.03. The van der Waals surface area contributed by atoms with Gasteiger partial charge in [0, 0.05) is 71.7 Å². The molecule has 1 aliphatic rings. The van der Waals surface area contributed by atoms with Gasteiger partial charge in [0.15, 0.2) is 18.5 Å². The predicted octanol–water partition coefficient (Wildman–Crippen LogP) is 3.78. The molecule has 0 aliphatic carbocycles. The van der Waals surface area contributed by atoms with E-state index in [9.17, 15) is 52.4 Å². The summed E-state index contributed by atoms with van der Waals surface area (Å²) in [6.45, 7) is 8.78. The highest BCUT2D eigenvalue weighted by molar-refractivity contribution is 7.89. The second kappa shape index (κ2) is 27.9. The summed E-state index contributed by atoms with van der Waals surface area (Å²) >= 11 is 0. The number of rotatable bonds is 28. The van der Waals surface area contributed by atoms with Gasteiger partial charge in [0.25, 0.3) is 5.69 Å². The summed E-state index contributed by atoms with van der Waals surface area (Å²) in [5.41, 5.74) is 0.378. The van der Waals surface area contributed by atoms with Crippen molar-refractivity contribution in [2.45, 2.75) is 128 Å². The summed E-state index contributed by atoms with van der Waals surface area (Å²) in [4.78, 5) is 85.7. The van der Waals surface area contributed by atoms with E-state index in [0.717, 1.165) is 56.3 Å². The first-order chi connectivity index (χ1) is 32.1. The number of carbonyl (C=O) groups is 6. The lowest BCUT2D eigenvalue weighted by molar-refractivity contribution is -0.384. The predicted molar refractivity (Wildman–Crippen MR) is 238 cm³/mol. The monoisotopic (exact) mass is 981 g/mol. The summed E-state index contributed by atoms with van der Waals surface area (Å²) in [5, 5.41) is 25.3. The van der Waals surface area contributed by atoms with Crippen LogP contribution in [0.1, 0.15) is 79.7 Å². The third-order valence-corrected chi connectivity index (χ3v) is 12.0. The van der Waals surface area contributed by atoms with Crippen molar-refractivity contribution in [1.82, 2.24) is 9.62 Å². The van der Waals surface area contributed by atoms with E-state index in [1.54, 1.807) is 44.2 Å². The van der Waals surface area contributed by atoms with Crippen molar-refractivity contribution in [1.29, 1.82) is 0 Å². The van der Waals surface area contributed by atoms with E-state index < -0.39 is 106 Å². The molecule has 378 valence electrons. The molecule has 1 heterocycles. The normalized spacial score (nSPS) is 16.8. The van der Waals surface area contributed by atoms with Gasteiger partial charge in [-0.15, -0.1) is 0 Å². The number of aliphatic hydroxyl groups excluding tert-OH is 1. The first-order valence-electron chi connectivity index (χ1n) is 22.0. The summed E-state index contributed by atoms with van der Waals surface area (Å²) in [6, 6.07) is 12.1. The Bertz CT molecular complexity index is 2080. The molecule has 3 rings (SSSR count). The minimum Gasteiger partial charge on any atom is -0.465 e. The van der Waals surface area contributed by atoms with Crippen LogP contribution in [0, 0.1) is 22.0 Å². The quantitative estimate of drug-likeness (QED) is 0.0306. The molecule has 0 spiro atoms. The fourth-order valence-corrected chi connectivity index (χ4v) is 8.65. The molecule has 1 fully saturated rings. The number of carbonyl (C=O) groups excluding carboxylic acids is 6. The van der Waals surface area contributed by atoms with E-state index in [1.807, 2.05) is 0 Å². The van der Waals surface area contributed by atoms with E-state index in [2.05, 4.69) is 5.32 Å². The van der Waals surface area contributed by atoms with Crippen LogP contribution in [0.25, 0.3) is 0 Å². The molecule has 1 aliphatic heterocycles. The number of hydrogen-bond acceptors (Lipinski definition) is 19. The number of unbranched alkanes of at least 4 members (excludes halogenated alkanes) is 1. The van der Waals surface area contributed by atoms with E-state index >= 15 is 0 Å². The van der Waals surface area contributed by atoms with Crippen molar-refractivity contribution in [3.05, 3.63) is 70.3 Å². The third kappa shape index (κ3) is 19.5. The third-order valence-electron chi connectivity index (χ3n) is 10.1. The van der Waals surface area contributed by atoms with E-state index in [4.69, 9.17) is 37.9 Å². The Labute approximate surface area is 395 Å². The van der Waals surface area contributed by atoms with Gasteiger partial charge < -0.3 is 48.3 Å². The van der Waals surface area contributed by atoms with Gasteiger partial charge in [-0.2, -0.15) is 4.31 Å². The molecule has 2 aromatic carbocycles. The molecule has 0 saturated carbocycles. The Morgan fingerprint density at radius 3 is 2.01 bits per heavy atom. The summed E-state index contributed by atoms with van der Waals surface area (Å²) in [5.74, 6) is -5.20. The highest BCUT2D eigenvalue weighted by Crippen LogP contribution is 2.26. The standard InChI is InChI=1S/C45H63N3O19S/c1-28(2)24-47(68(58,59)37-18-16-35(17-19-37)48(56)57)25-39(38(23-34-13-9-8-10-14-34)46-45(55)66-36-20-22-60-27-36)67-40(53)15-11-12-21-61-44(54)43(65-33(7)52)42(64-32(6)51)41(63-31(5)50)29(3)26-62-30(4)49/h8-10,13-14,16-19,28-29,36,38-39,41-44,54H,11-12,15,20-27H2,1-7H3,(H,46,55)/t29?,36-,38-,39+,41+,42?,43?,44-/m0/s1. The second-order valence-corrected chi connectivity index (χ2v) is 18.5. The van der Waals surface area contributed by atoms with Crippen LogP contribution >= 0.6 is 0 Å². The van der Waals surface area contributed by atoms with Gasteiger partial charge in [-0.05, 0) is 42.9 Å². The highest BCUT2D eigenvalue weighted by atomic mass is 32.2. The lowest BCUT2D eigenvalue weighted by Gasteiger charge is -2.36. The molecule has 23 heteroatoms. The zero-order valence-corrected chi connectivity index (χ0v) is 40.1. The lowest BCUT2D eigenvalue weighted by atomic mass is 9.95. The van der Waals surface area contributed by atoms with Gasteiger partial charge in [-0.3, -0.25) is 34.1 Å². The minimum atomic E-state index is -4.39. The Balaban J connectivity index is 1.88. The molecule has 68 heavy (non-hydrogen) atoms. The Morgan fingerprint density at radius 2 is 1.46 bits per heavy atom. The zero-order chi connectivity index (χ0) is 50.6. The Hall–Kier alpha value is -5.75. The average molecular weight is 982 g/mol. The molecule has 0 radical (unpaired) electrons. The first-order valence-corrected chi connectivity index (χ1v) is 23.5. The van der Waals surface area contributed by atoms with Crippen molar-refractivity contribution in [3.63, 3.8) is 0 Å². The number of hydrogen-bond donors (Lipinski definition) is 2. The van der Waals surface area contributed by atoms with Crippen LogP contribution < -0.4 is 5.32 Å². The van der Waals surface area contributed by atoms with Gasteiger partial charge in [-0.1, -0.05) is 51.1 Å². The molecule has 1 saturated heterocycles. The average Bonchev–Trinajstić information content (AvgIpc) is 3.77. The molecule has 22 nitrogen and oxygen atoms in total. The van der Waals surface area contributed by atoms with Crippen molar-refractivity contribution >= 4 is 51.7 Å². The smallest absolute Gasteiger partial charge is 0.407 e. The molecule has 3 unspecified atom stereocenters. The molecular weight excluding hydrogens is 919 g/mol. The van der Waals surface area contributed by atoms with Crippen LogP contribution in [-0.2, 0) is 78.3 Å². The number of alkyl carbamates (subject to hydrolysis) is 1. The second-order valence-electron chi connectivity index (χ2n) is 16.5. The number of sulfonamides is 1. The maximum absolute atomic E-state index is 14.2.